The number of hydrogen-bond acceptors (Lipinski definition) is 7. The lowest BCUT2D eigenvalue weighted by molar-refractivity contribution is 0.101. The van der Waals surface area contributed by atoms with Crippen molar-refractivity contribution in [2.45, 2.75) is 6.54 Å². The first-order chi connectivity index (χ1) is 16.0. The standard InChI is InChI=1S/C23H16Cl2N6OS/c24-15-6-5-13(10-16(15)25)27-11-18-14-4-2-1-3-12(14)9-19(28-18)30-23(32)22-29-17-7-8-33-20(17)21(26)31-22/h1-10,27H,11H2,(H2,26,29,31)(H,28,30,32). The van der Waals surface area contributed by atoms with Crippen molar-refractivity contribution in [1.82, 2.24) is 15.0 Å². The molecule has 0 bridgehead atoms. The molecule has 4 N–H and O–H groups in total. The molecule has 164 valence electrons. The van der Waals surface area contributed by atoms with Crippen molar-refractivity contribution in [2.24, 2.45) is 0 Å². The molecular weight excluding hydrogens is 479 g/mol. The Morgan fingerprint density at radius 3 is 2.70 bits per heavy atom. The molecular formula is C23H16Cl2N6OS. The van der Waals surface area contributed by atoms with Gasteiger partial charge < -0.3 is 16.4 Å². The number of hydrogen-bond donors (Lipinski definition) is 3. The fourth-order valence-corrected chi connectivity index (χ4v) is 4.45. The summed E-state index contributed by atoms with van der Waals surface area (Å²) in [7, 11) is 0. The zero-order valence-electron chi connectivity index (χ0n) is 17.0. The number of amides is 1. The van der Waals surface area contributed by atoms with Crippen LogP contribution in [0.15, 0.2) is 60.0 Å². The Bertz CT molecular complexity index is 1520. The highest BCUT2D eigenvalue weighted by molar-refractivity contribution is 7.17. The molecule has 0 aliphatic heterocycles. The molecule has 33 heavy (non-hydrogen) atoms. The van der Waals surface area contributed by atoms with Gasteiger partial charge >= 0.3 is 0 Å². The number of pyridine rings is 1. The van der Waals surface area contributed by atoms with E-state index in [4.69, 9.17) is 28.9 Å². The van der Waals surface area contributed by atoms with Gasteiger partial charge in [-0.15, -0.1) is 11.3 Å². The van der Waals surface area contributed by atoms with E-state index in [2.05, 4.69) is 25.6 Å². The number of aromatic nitrogens is 3. The van der Waals surface area contributed by atoms with Gasteiger partial charge in [0.15, 0.2) is 0 Å². The molecule has 1 amide bonds. The first-order valence-corrected chi connectivity index (χ1v) is 11.5. The summed E-state index contributed by atoms with van der Waals surface area (Å²) >= 11 is 13.5. The number of nitrogens with one attached hydrogen (secondary N) is 2. The minimum absolute atomic E-state index is 0.0103. The average Bonchev–Trinajstić information content (AvgIpc) is 3.29. The normalized spacial score (nSPS) is 11.1. The third-order valence-electron chi connectivity index (χ3n) is 4.97. The number of nitrogens with zero attached hydrogens (tertiary/aromatic N) is 3. The van der Waals surface area contributed by atoms with Crippen LogP contribution in [-0.2, 0) is 6.54 Å². The van der Waals surface area contributed by atoms with Crippen molar-refractivity contribution in [1.29, 1.82) is 0 Å². The highest BCUT2D eigenvalue weighted by Crippen LogP contribution is 2.27. The van der Waals surface area contributed by atoms with Crippen LogP contribution in [0.2, 0.25) is 10.0 Å². The van der Waals surface area contributed by atoms with Crippen LogP contribution in [0.1, 0.15) is 16.3 Å². The lowest BCUT2D eigenvalue weighted by atomic mass is 10.1. The molecule has 3 aromatic heterocycles. The van der Waals surface area contributed by atoms with Crippen molar-refractivity contribution >= 4 is 78.8 Å². The van der Waals surface area contributed by atoms with Gasteiger partial charge in [0.25, 0.3) is 5.91 Å². The van der Waals surface area contributed by atoms with Crippen LogP contribution in [0.5, 0.6) is 0 Å². The van der Waals surface area contributed by atoms with E-state index >= 15 is 0 Å². The maximum absolute atomic E-state index is 12.9. The Kier molecular flexibility index (Phi) is 5.72. The second kappa shape index (κ2) is 8.82. The molecule has 0 aliphatic carbocycles. The maximum Gasteiger partial charge on any atom is 0.294 e. The highest BCUT2D eigenvalue weighted by atomic mass is 35.5. The molecule has 0 aliphatic rings. The summed E-state index contributed by atoms with van der Waals surface area (Å²) in [6.45, 7) is 0.409. The van der Waals surface area contributed by atoms with Gasteiger partial charge in [0.2, 0.25) is 5.82 Å². The van der Waals surface area contributed by atoms with Crippen molar-refractivity contribution in [3.63, 3.8) is 0 Å². The number of fused-ring (bicyclic) bond motifs is 2. The second-order valence-corrected chi connectivity index (χ2v) is 8.91. The van der Waals surface area contributed by atoms with Gasteiger partial charge in [-0.25, -0.2) is 15.0 Å². The Labute approximate surface area is 202 Å². The summed E-state index contributed by atoms with van der Waals surface area (Å²) in [5.74, 6) is 0.167. The molecule has 5 rings (SSSR count). The smallest absolute Gasteiger partial charge is 0.294 e. The van der Waals surface area contributed by atoms with Gasteiger partial charge in [-0.1, -0.05) is 47.5 Å². The van der Waals surface area contributed by atoms with E-state index in [1.165, 1.54) is 11.3 Å². The molecule has 0 fully saturated rings. The van der Waals surface area contributed by atoms with Crippen LogP contribution in [0.3, 0.4) is 0 Å². The van der Waals surface area contributed by atoms with Crippen LogP contribution in [-0.4, -0.2) is 20.9 Å². The Morgan fingerprint density at radius 1 is 1.00 bits per heavy atom. The zero-order valence-corrected chi connectivity index (χ0v) is 19.3. The summed E-state index contributed by atoms with van der Waals surface area (Å²) in [5, 5.41) is 10.8. The van der Waals surface area contributed by atoms with Crippen molar-refractivity contribution in [2.75, 3.05) is 16.4 Å². The number of anilines is 3. The minimum atomic E-state index is -0.485. The number of nitrogen functional groups attached to an aromatic ring is 1. The summed E-state index contributed by atoms with van der Waals surface area (Å²) < 4.78 is 0.756. The van der Waals surface area contributed by atoms with E-state index in [1.807, 2.05) is 41.8 Å². The molecule has 0 saturated heterocycles. The quantitative estimate of drug-likeness (QED) is 0.277. The van der Waals surface area contributed by atoms with E-state index in [9.17, 15) is 4.79 Å². The molecule has 0 spiro atoms. The Hall–Kier alpha value is -3.46. The van der Waals surface area contributed by atoms with Gasteiger partial charge in [0, 0.05) is 11.1 Å². The molecule has 0 radical (unpaired) electrons. The molecule has 2 aromatic carbocycles. The summed E-state index contributed by atoms with van der Waals surface area (Å²) in [6.07, 6.45) is 0. The van der Waals surface area contributed by atoms with Gasteiger partial charge in [0.05, 0.1) is 32.5 Å². The van der Waals surface area contributed by atoms with E-state index < -0.39 is 5.91 Å². The van der Waals surface area contributed by atoms with Crippen molar-refractivity contribution in [3.8, 4) is 0 Å². The number of nitrogens with two attached hydrogens (primary N) is 1. The predicted molar refractivity (Wildman–Crippen MR) is 135 cm³/mol. The van der Waals surface area contributed by atoms with Crippen LogP contribution >= 0.6 is 34.5 Å². The third-order valence-corrected chi connectivity index (χ3v) is 6.64. The molecule has 7 nitrogen and oxygen atoms in total. The maximum atomic E-state index is 12.9. The SMILES string of the molecule is Nc1nc(C(=O)Nc2cc3ccccc3c(CNc3ccc(Cl)c(Cl)c3)n2)nc2ccsc12. The van der Waals surface area contributed by atoms with E-state index in [-0.39, 0.29) is 11.6 Å². The number of carbonyl (C=O) groups excluding carboxylic acids is 1. The lowest BCUT2D eigenvalue weighted by Gasteiger charge is -2.12. The third kappa shape index (κ3) is 4.41. The summed E-state index contributed by atoms with van der Waals surface area (Å²) in [6, 6.07) is 16.7. The first kappa shape index (κ1) is 21.4. The number of halogens is 2. The monoisotopic (exact) mass is 494 g/mol. The minimum Gasteiger partial charge on any atom is -0.382 e. The largest absolute Gasteiger partial charge is 0.382 e. The van der Waals surface area contributed by atoms with Crippen LogP contribution < -0.4 is 16.4 Å². The summed E-state index contributed by atoms with van der Waals surface area (Å²) in [4.78, 5) is 26.0. The molecule has 5 aromatic rings. The Morgan fingerprint density at radius 2 is 1.85 bits per heavy atom. The molecule has 3 heterocycles. The van der Waals surface area contributed by atoms with Crippen LogP contribution in [0, 0.1) is 0 Å². The van der Waals surface area contributed by atoms with Gasteiger partial charge in [-0.2, -0.15) is 0 Å². The predicted octanol–water partition coefficient (Wildman–Crippen LogP) is 5.99. The Balaban J connectivity index is 1.44. The van der Waals surface area contributed by atoms with Gasteiger partial charge in [-0.05, 0) is 41.1 Å². The average molecular weight is 495 g/mol. The highest BCUT2D eigenvalue weighted by Gasteiger charge is 2.16. The van der Waals surface area contributed by atoms with Crippen LogP contribution in [0.4, 0.5) is 17.3 Å². The molecule has 0 atom stereocenters. The fraction of sp³-hybridized carbons (Fsp3) is 0.0435. The lowest BCUT2D eigenvalue weighted by Crippen LogP contribution is -2.18. The number of carbonyl (C=O) groups is 1. The van der Waals surface area contributed by atoms with E-state index in [1.54, 1.807) is 18.2 Å². The second-order valence-electron chi connectivity index (χ2n) is 7.18. The first-order valence-electron chi connectivity index (χ1n) is 9.87. The van der Waals surface area contributed by atoms with Crippen molar-refractivity contribution in [3.05, 3.63) is 81.5 Å². The van der Waals surface area contributed by atoms with E-state index in [0.717, 1.165) is 26.9 Å². The van der Waals surface area contributed by atoms with Crippen molar-refractivity contribution < 1.29 is 4.79 Å². The van der Waals surface area contributed by atoms with E-state index in [0.29, 0.717) is 27.9 Å². The zero-order chi connectivity index (χ0) is 22.9. The fourth-order valence-electron chi connectivity index (χ4n) is 3.42. The molecule has 10 heteroatoms. The summed E-state index contributed by atoms with van der Waals surface area (Å²) in [5.41, 5.74) is 8.17. The van der Waals surface area contributed by atoms with Gasteiger partial charge in [0.1, 0.15) is 11.6 Å². The van der Waals surface area contributed by atoms with Gasteiger partial charge in [-0.3, -0.25) is 4.79 Å². The molecule has 0 saturated carbocycles. The van der Waals surface area contributed by atoms with Crippen LogP contribution in [0.25, 0.3) is 21.0 Å². The topological polar surface area (TPSA) is 106 Å². The number of rotatable bonds is 5. The molecule has 0 unspecified atom stereocenters. The number of thiophene rings is 1. The number of benzene rings is 2.